The van der Waals surface area contributed by atoms with Gasteiger partial charge in [-0.2, -0.15) is 0 Å². The molecule has 0 aromatic carbocycles. The molecule has 2 saturated heterocycles. The fraction of sp³-hybridized carbons (Fsp3) is 0.818. The summed E-state index contributed by atoms with van der Waals surface area (Å²) in [5.41, 5.74) is 0. The van der Waals surface area contributed by atoms with Crippen molar-refractivity contribution in [2.24, 2.45) is 11.8 Å². The van der Waals surface area contributed by atoms with Crippen molar-refractivity contribution in [1.29, 1.82) is 0 Å². The van der Waals surface area contributed by atoms with Crippen LogP contribution in [0.15, 0.2) is 0 Å². The number of carbonyl (C=O) groups is 2. The van der Waals surface area contributed by atoms with E-state index in [1.54, 1.807) is 4.90 Å². The SMILES string of the molecule is C[C@@H]1C(=O)N(C(=O)C2CC2)[C@H]2CCN[C@H]12. The van der Waals surface area contributed by atoms with Crippen LogP contribution < -0.4 is 5.32 Å². The van der Waals surface area contributed by atoms with Gasteiger partial charge in [-0.25, -0.2) is 0 Å². The molecule has 2 aliphatic heterocycles. The number of carbonyl (C=O) groups excluding carboxylic acids is 2. The Balaban J connectivity index is 1.86. The van der Waals surface area contributed by atoms with Gasteiger partial charge in [0.15, 0.2) is 0 Å². The molecule has 4 nitrogen and oxygen atoms in total. The number of likely N-dealkylation sites (tertiary alicyclic amines) is 1. The third-order valence-corrected chi connectivity index (χ3v) is 3.90. The minimum absolute atomic E-state index is 0.0276. The van der Waals surface area contributed by atoms with Gasteiger partial charge in [0.25, 0.3) is 0 Å². The van der Waals surface area contributed by atoms with Gasteiger partial charge in [0.05, 0.1) is 12.0 Å². The predicted octanol–water partition coefficient (Wildman–Crippen LogP) is 0.132. The van der Waals surface area contributed by atoms with E-state index < -0.39 is 0 Å². The monoisotopic (exact) mass is 208 g/mol. The zero-order chi connectivity index (χ0) is 10.6. The van der Waals surface area contributed by atoms with E-state index in [2.05, 4.69) is 5.32 Å². The lowest BCUT2D eigenvalue weighted by Crippen LogP contribution is -2.41. The van der Waals surface area contributed by atoms with Gasteiger partial charge in [-0.1, -0.05) is 6.92 Å². The number of imide groups is 1. The van der Waals surface area contributed by atoms with Crippen molar-refractivity contribution in [2.75, 3.05) is 6.54 Å². The first-order valence-corrected chi connectivity index (χ1v) is 5.80. The van der Waals surface area contributed by atoms with Crippen LogP contribution >= 0.6 is 0 Å². The van der Waals surface area contributed by atoms with Gasteiger partial charge < -0.3 is 5.32 Å². The molecule has 15 heavy (non-hydrogen) atoms. The predicted molar refractivity (Wildman–Crippen MR) is 53.9 cm³/mol. The average Bonchev–Trinajstić information content (AvgIpc) is 2.92. The van der Waals surface area contributed by atoms with Crippen molar-refractivity contribution >= 4 is 11.8 Å². The Kier molecular flexibility index (Phi) is 1.89. The van der Waals surface area contributed by atoms with Crippen molar-refractivity contribution in [3.63, 3.8) is 0 Å². The quantitative estimate of drug-likeness (QED) is 0.623. The van der Waals surface area contributed by atoms with Crippen LogP contribution in [-0.4, -0.2) is 35.3 Å². The van der Waals surface area contributed by atoms with Crippen molar-refractivity contribution in [2.45, 2.75) is 38.3 Å². The molecule has 2 heterocycles. The second kappa shape index (κ2) is 3.04. The van der Waals surface area contributed by atoms with Gasteiger partial charge in [0.2, 0.25) is 11.8 Å². The van der Waals surface area contributed by atoms with E-state index in [0.29, 0.717) is 0 Å². The van der Waals surface area contributed by atoms with E-state index in [-0.39, 0.29) is 35.7 Å². The molecule has 0 spiro atoms. The minimum atomic E-state index is -0.0276. The maximum Gasteiger partial charge on any atom is 0.233 e. The topological polar surface area (TPSA) is 49.4 Å². The minimum Gasteiger partial charge on any atom is -0.311 e. The van der Waals surface area contributed by atoms with Crippen LogP contribution in [0, 0.1) is 11.8 Å². The smallest absolute Gasteiger partial charge is 0.233 e. The van der Waals surface area contributed by atoms with Crippen LogP contribution in [-0.2, 0) is 9.59 Å². The molecule has 1 aliphatic carbocycles. The summed E-state index contributed by atoms with van der Waals surface area (Å²) in [6.07, 6.45) is 2.88. The van der Waals surface area contributed by atoms with Gasteiger partial charge in [0.1, 0.15) is 0 Å². The van der Waals surface area contributed by atoms with Crippen LogP contribution in [0.3, 0.4) is 0 Å². The number of hydrogen-bond acceptors (Lipinski definition) is 3. The second-order valence-corrected chi connectivity index (χ2v) is 4.95. The Labute approximate surface area is 89.0 Å². The van der Waals surface area contributed by atoms with Crippen molar-refractivity contribution in [3.05, 3.63) is 0 Å². The van der Waals surface area contributed by atoms with Crippen LogP contribution in [0.4, 0.5) is 0 Å². The summed E-state index contributed by atoms with van der Waals surface area (Å²) in [6.45, 7) is 2.86. The summed E-state index contributed by atoms with van der Waals surface area (Å²) in [5.74, 6) is 0.248. The van der Waals surface area contributed by atoms with Crippen LogP contribution in [0.5, 0.6) is 0 Å². The Morgan fingerprint density at radius 3 is 2.80 bits per heavy atom. The second-order valence-electron chi connectivity index (χ2n) is 4.95. The number of amides is 2. The molecule has 0 aromatic heterocycles. The van der Waals surface area contributed by atoms with Gasteiger partial charge in [0, 0.05) is 12.0 Å². The summed E-state index contributed by atoms with van der Waals surface area (Å²) in [4.78, 5) is 25.5. The first-order valence-electron chi connectivity index (χ1n) is 5.80. The lowest BCUT2D eigenvalue weighted by Gasteiger charge is -2.21. The molecule has 3 rings (SSSR count). The first kappa shape index (κ1) is 9.33. The molecule has 82 valence electrons. The Morgan fingerprint density at radius 2 is 2.13 bits per heavy atom. The Bertz CT molecular complexity index is 317. The highest BCUT2D eigenvalue weighted by Gasteiger charge is 2.52. The summed E-state index contributed by atoms with van der Waals surface area (Å²) >= 11 is 0. The molecule has 0 aromatic rings. The molecule has 0 bridgehead atoms. The zero-order valence-corrected chi connectivity index (χ0v) is 8.90. The summed E-state index contributed by atoms with van der Waals surface area (Å²) in [5, 5.41) is 3.33. The van der Waals surface area contributed by atoms with Crippen LogP contribution in [0.1, 0.15) is 26.2 Å². The largest absolute Gasteiger partial charge is 0.311 e. The van der Waals surface area contributed by atoms with Crippen molar-refractivity contribution in [3.8, 4) is 0 Å². The number of rotatable bonds is 1. The maximum atomic E-state index is 12.0. The highest BCUT2D eigenvalue weighted by atomic mass is 16.2. The summed E-state index contributed by atoms with van der Waals surface area (Å²) in [7, 11) is 0. The number of nitrogens with zero attached hydrogens (tertiary/aromatic N) is 1. The normalized spacial score (nSPS) is 39.7. The molecule has 3 atom stereocenters. The molecule has 1 N–H and O–H groups in total. The van der Waals surface area contributed by atoms with Crippen LogP contribution in [0.25, 0.3) is 0 Å². The molecule has 3 aliphatic rings. The standard InChI is InChI=1S/C11H16N2O2/c1-6-9-8(4-5-12-9)13(10(6)14)11(15)7-2-3-7/h6-9,12H,2-5H2,1H3/t6-,8-,9+/m0/s1. The number of fused-ring (bicyclic) bond motifs is 1. The van der Waals surface area contributed by atoms with Crippen molar-refractivity contribution < 1.29 is 9.59 Å². The average molecular weight is 208 g/mol. The Morgan fingerprint density at radius 1 is 1.40 bits per heavy atom. The molecule has 0 unspecified atom stereocenters. The highest BCUT2D eigenvalue weighted by molar-refractivity contribution is 6.00. The van der Waals surface area contributed by atoms with Gasteiger partial charge in [-0.05, 0) is 25.8 Å². The van der Waals surface area contributed by atoms with Gasteiger partial charge in [-0.3, -0.25) is 14.5 Å². The van der Waals surface area contributed by atoms with E-state index >= 15 is 0 Å². The van der Waals surface area contributed by atoms with Crippen molar-refractivity contribution in [1.82, 2.24) is 10.2 Å². The van der Waals surface area contributed by atoms with Crippen LogP contribution in [0.2, 0.25) is 0 Å². The van der Waals surface area contributed by atoms with E-state index in [4.69, 9.17) is 0 Å². The first-order chi connectivity index (χ1) is 7.20. The fourth-order valence-corrected chi connectivity index (χ4v) is 2.85. The van der Waals surface area contributed by atoms with Gasteiger partial charge >= 0.3 is 0 Å². The van der Waals surface area contributed by atoms with Gasteiger partial charge in [-0.15, -0.1) is 0 Å². The van der Waals surface area contributed by atoms with E-state index in [9.17, 15) is 9.59 Å². The third-order valence-electron chi connectivity index (χ3n) is 3.90. The lowest BCUT2D eigenvalue weighted by atomic mass is 10.0. The molecular formula is C11H16N2O2. The summed E-state index contributed by atoms with van der Waals surface area (Å²) in [6, 6.07) is 0.348. The zero-order valence-electron chi connectivity index (χ0n) is 8.90. The van der Waals surface area contributed by atoms with E-state index in [1.807, 2.05) is 6.92 Å². The number of nitrogens with one attached hydrogen (secondary N) is 1. The third kappa shape index (κ3) is 1.24. The molecule has 1 saturated carbocycles. The lowest BCUT2D eigenvalue weighted by molar-refractivity contribution is -0.145. The molecule has 3 fully saturated rings. The maximum absolute atomic E-state index is 12.0. The fourth-order valence-electron chi connectivity index (χ4n) is 2.85. The summed E-state index contributed by atoms with van der Waals surface area (Å²) < 4.78 is 0. The molecule has 0 radical (unpaired) electrons. The Hall–Kier alpha value is -0.900. The van der Waals surface area contributed by atoms with E-state index in [0.717, 1.165) is 25.8 Å². The molecule has 2 amide bonds. The van der Waals surface area contributed by atoms with E-state index in [1.165, 1.54) is 0 Å². The highest BCUT2D eigenvalue weighted by Crippen LogP contribution is 2.37. The molecule has 4 heteroatoms. The molecular weight excluding hydrogens is 192 g/mol. The number of hydrogen-bond donors (Lipinski definition) is 1.